The van der Waals surface area contributed by atoms with E-state index in [2.05, 4.69) is 34.8 Å². The van der Waals surface area contributed by atoms with Crippen molar-refractivity contribution in [1.82, 2.24) is 9.88 Å². The SMILES string of the molecule is CC(=O)C1=NC(N(Cc2cc(C(F)(F)F)cc(C(F)(F)F)c2)Cc2cc3c(nc2N(CC2CC2)CC2CC2)C(C)(C)CC3)=NCC1. The molecule has 2 fully saturated rings. The fourth-order valence-electron chi connectivity index (χ4n) is 6.43. The Labute approximate surface area is 265 Å². The van der Waals surface area contributed by atoms with Crippen LogP contribution in [-0.2, 0) is 42.1 Å². The molecule has 46 heavy (non-hydrogen) atoms. The molecule has 2 aromatic rings. The standard InChI is InChI=1S/C34H39F6N5O/c1-20(46)28-9-11-41-31(42-28)45(18-23-12-26(33(35,36)37)15-27(13-23)34(38,39)40)19-25-14-24-8-10-32(2,3)29(24)43-30(25)44(16-21-4-5-21)17-22-6-7-22/h12-15,21-22H,4-11,16-19H2,1-3H3. The Morgan fingerprint density at radius 1 is 0.870 bits per heavy atom. The van der Waals surface area contributed by atoms with Gasteiger partial charge in [-0.05, 0) is 85.8 Å². The van der Waals surface area contributed by atoms with E-state index in [-0.39, 0.29) is 54.1 Å². The Kier molecular flexibility index (Phi) is 8.46. The van der Waals surface area contributed by atoms with Crippen LogP contribution in [0.2, 0.25) is 0 Å². The number of aryl methyl sites for hydroxylation is 1. The third-order valence-electron chi connectivity index (χ3n) is 9.38. The number of hydrogen-bond acceptors (Lipinski definition) is 6. The Balaban J connectivity index is 1.44. The molecule has 0 spiro atoms. The van der Waals surface area contributed by atoms with Gasteiger partial charge in [-0.25, -0.2) is 9.98 Å². The predicted octanol–water partition coefficient (Wildman–Crippen LogP) is 7.76. The second-order valence-electron chi connectivity index (χ2n) is 14.0. The van der Waals surface area contributed by atoms with E-state index < -0.39 is 23.5 Å². The van der Waals surface area contributed by atoms with Gasteiger partial charge in [0.2, 0.25) is 5.96 Å². The molecule has 4 aliphatic rings. The lowest BCUT2D eigenvalue weighted by atomic mass is 9.90. The third kappa shape index (κ3) is 7.41. The molecule has 6 rings (SSSR count). The number of Topliss-reactive ketones (excluding diaryl/α,β-unsaturated/α-hetero) is 1. The quantitative estimate of drug-likeness (QED) is 0.248. The first-order valence-electron chi connectivity index (χ1n) is 16.0. The van der Waals surface area contributed by atoms with Gasteiger partial charge < -0.3 is 9.80 Å². The highest BCUT2D eigenvalue weighted by molar-refractivity contribution is 6.40. The second kappa shape index (κ2) is 12.0. The molecule has 2 heterocycles. The number of aliphatic imine (C=N–C) groups is 2. The van der Waals surface area contributed by atoms with Crippen molar-refractivity contribution in [2.45, 2.75) is 96.6 Å². The van der Waals surface area contributed by atoms with E-state index >= 15 is 0 Å². The highest BCUT2D eigenvalue weighted by atomic mass is 19.4. The molecule has 1 aliphatic heterocycles. The lowest BCUT2D eigenvalue weighted by Crippen LogP contribution is -2.35. The van der Waals surface area contributed by atoms with Crippen LogP contribution in [0.4, 0.5) is 32.2 Å². The van der Waals surface area contributed by atoms with Crippen LogP contribution in [0.15, 0.2) is 34.3 Å². The van der Waals surface area contributed by atoms with E-state index in [1.165, 1.54) is 6.92 Å². The number of hydrogen-bond donors (Lipinski definition) is 0. The molecule has 1 aromatic heterocycles. The van der Waals surface area contributed by atoms with Crippen molar-refractivity contribution in [1.29, 1.82) is 0 Å². The zero-order chi connectivity index (χ0) is 33.0. The van der Waals surface area contributed by atoms with Crippen LogP contribution in [0.1, 0.15) is 92.8 Å². The number of fused-ring (bicyclic) bond motifs is 1. The van der Waals surface area contributed by atoms with Crippen molar-refractivity contribution in [3.63, 3.8) is 0 Å². The summed E-state index contributed by atoms with van der Waals surface area (Å²) in [7, 11) is 0. The minimum Gasteiger partial charge on any atom is -0.356 e. The van der Waals surface area contributed by atoms with Crippen LogP contribution in [0.25, 0.3) is 0 Å². The number of guanidine groups is 1. The molecule has 12 heteroatoms. The number of ketones is 1. The zero-order valence-electron chi connectivity index (χ0n) is 26.4. The minimum absolute atomic E-state index is 0.104. The lowest BCUT2D eigenvalue weighted by molar-refractivity contribution is -0.143. The first-order chi connectivity index (χ1) is 21.6. The maximum Gasteiger partial charge on any atom is 0.416 e. The molecule has 0 N–H and O–H groups in total. The van der Waals surface area contributed by atoms with Crippen molar-refractivity contribution in [3.05, 3.63) is 57.8 Å². The first kappa shape index (κ1) is 32.5. The summed E-state index contributed by atoms with van der Waals surface area (Å²) in [6.07, 6.45) is -3.29. The summed E-state index contributed by atoms with van der Waals surface area (Å²) in [4.78, 5) is 30.5. The van der Waals surface area contributed by atoms with E-state index in [0.29, 0.717) is 18.3 Å². The number of rotatable bonds is 10. The summed E-state index contributed by atoms with van der Waals surface area (Å²) in [6, 6.07) is 3.74. The van der Waals surface area contributed by atoms with Gasteiger partial charge in [0.05, 0.1) is 22.5 Å². The molecule has 0 bridgehead atoms. The van der Waals surface area contributed by atoms with Crippen molar-refractivity contribution < 1.29 is 31.1 Å². The Bertz CT molecular complexity index is 1520. The van der Waals surface area contributed by atoms with Gasteiger partial charge >= 0.3 is 12.4 Å². The number of carbonyl (C=O) groups excluding carboxylic acids is 1. The minimum atomic E-state index is -4.97. The maximum atomic E-state index is 13.8. The van der Waals surface area contributed by atoms with E-state index in [9.17, 15) is 31.1 Å². The molecule has 1 aromatic carbocycles. The zero-order valence-corrected chi connectivity index (χ0v) is 26.4. The number of carbonyl (C=O) groups is 1. The van der Waals surface area contributed by atoms with Crippen molar-refractivity contribution in [3.8, 4) is 0 Å². The molecule has 6 nitrogen and oxygen atoms in total. The summed E-state index contributed by atoms with van der Waals surface area (Å²) in [5.41, 5.74) is 0.178. The highest BCUT2D eigenvalue weighted by Crippen LogP contribution is 2.42. The van der Waals surface area contributed by atoms with Gasteiger partial charge in [-0.1, -0.05) is 13.8 Å². The van der Waals surface area contributed by atoms with Gasteiger partial charge in [-0.2, -0.15) is 26.3 Å². The molecule has 0 unspecified atom stereocenters. The normalized spacial score (nSPS) is 19.4. The van der Waals surface area contributed by atoms with Gasteiger partial charge in [-0.15, -0.1) is 0 Å². The van der Waals surface area contributed by atoms with E-state index in [4.69, 9.17) is 4.98 Å². The second-order valence-corrected chi connectivity index (χ2v) is 14.0. The van der Waals surface area contributed by atoms with E-state index in [1.807, 2.05) is 0 Å². The van der Waals surface area contributed by atoms with Gasteiger partial charge in [0.25, 0.3) is 0 Å². The largest absolute Gasteiger partial charge is 0.416 e. The molecule has 0 atom stereocenters. The molecular formula is C34H39F6N5O. The molecular weight excluding hydrogens is 608 g/mol. The van der Waals surface area contributed by atoms with E-state index in [1.54, 1.807) is 4.90 Å². The summed E-state index contributed by atoms with van der Waals surface area (Å²) < 4.78 is 82.7. The topological polar surface area (TPSA) is 61.2 Å². The van der Waals surface area contributed by atoms with Crippen molar-refractivity contribution in [2.75, 3.05) is 24.5 Å². The molecule has 0 saturated heterocycles. The molecule has 3 aliphatic carbocycles. The number of benzene rings is 1. The maximum absolute atomic E-state index is 13.8. The number of aromatic nitrogens is 1. The van der Waals surface area contributed by atoms with Crippen LogP contribution >= 0.6 is 0 Å². The Hall–Kier alpha value is -3.44. The lowest BCUT2D eigenvalue weighted by Gasteiger charge is -2.32. The average molecular weight is 648 g/mol. The first-order valence-corrected chi connectivity index (χ1v) is 16.0. The summed E-state index contributed by atoms with van der Waals surface area (Å²) >= 11 is 0. The smallest absolute Gasteiger partial charge is 0.356 e. The Morgan fingerprint density at radius 3 is 2.02 bits per heavy atom. The summed E-state index contributed by atoms with van der Waals surface area (Å²) in [5.74, 6) is 1.81. The highest BCUT2D eigenvalue weighted by Gasteiger charge is 2.39. The molecule has 2 saturated carbocycles. The van der Waals surface area contributed by atoms with Crippen LogP contribution in [0, 0.1) is 11.8 Å². The van der Waals surface area contributed by atoms with Gasteiger partial charge in [0.1, 0.15) is 5.82 Å². The van der Waals surface area contributed by atoms with Crippen LogP contribution in [0.5, 0.6) is 0 Å². The van der Waals surface area contributed by atoms with Crippen LogP contribution in [-0.4, -0.2) is 47.0 Å². The van der Waals surface area contributed by atoms with Crippen LogP contribution < -0.4 is 4.90 Å². The monoisotopic (exact) mass is 647 g/mol. The van der Waals surface area contributed by atoms with Gasteiger partial charge in [0, 0.05) is 57.0 Å². The third-order valence-corrected chi connectivity index (χ3v) is 9.38. The van der Waals surface area contributed by atoms with Crippen LogP contribution in [0.3, 0.4) is 0 Å². The Morgan fingerprint density at radius 2 is 1.48 bits per heavy atom. The average Bonchev–Trinajstić information content (AvgIpc) is 3.92. The van der Waals surface area contributed by atoms with Crippen molar-refractivity contribution in [2.24, 2.45) is 21.8 Å². The predicted molar refractivity (Wildman–Crippen MR) is 164 cm³/mol. The van der Waals surface area contributed by atoms with Gasteiger partial charge in [-0.3, -0.25) is 9.79 Å². The fraction of sp³-hybridized carbons (Fsp3) is 0.588. The van der Waals surface area contributed by atoms with E-state index in [0.717, 1.165) is 86.4 Å². The molecule has 0 radical (unpaired) electrons. The number of nitrogens with zero attached hydrogens (tertiary/aromatic N) is 5. The van der Waals surface area contributed by atoms with Gasteiger partial charge in [0.15, 0.2) is 5.78 Å². The number of anilines is 1. The molecule has 248 valence electrons. The van der Waals surface area contributed by atoms with Crippen molar-refractivity contribution >= 4 is 23.3 Å². The molecule has 0 amide bonds. The number of alkyl halides is 6. The number of pyridine rings is 1. The number of halogens is 6. The fourth-order valence-corrected chi connectivity index (χ4v) is 6.43. The summed E-state index contributed by atoms with van der Waals surface area (Å²) in [5, 5.41) is 0. The summed E-state index contributed by atoms with van der Waals surface area (Å²) in [6.45, 7) is 7.45.